The monoisotopic (exact) mass is 310 g/mol. The highest BCUT2D eigenvalue weighted by Crippen LogP contribution is 2.14. The number of carbonyl (C=O) groups is 1. The molecular formula is C19H22N2O2. The molecule has 23 heavy (non-hydrogen) atoms. The van der Waals surface area contributed by atoms with E-state index in [1.54, 1.807) is 12.4 Å². The van der Waals surface area contributed by atoms with Crippen molar-refractivity contribution in [3.63, 3.8) is 0 Å². The van der Waals surface area contributed by atoms with Crippen molar-refractivity contribution in [2.24, 2.45) is 0 Å². The lowest BCUT2D eigenvalue weighted by atomic mass is 10.1. The number of amides is 1. The Morgan fingerprint density at radius 1 is 1.13 bits per heavy atom. The molecule has 2 heterocycles. The maximum Gasteiger partial charge on any atom is 0.227 e. The quantitative estimate of drug-likeness (QED) is 0.852. The van der Waals surface area contributed by atoms with Gasteiger partial charge in [0.25, 0.3) is 0 Å². The van der Waals surface area contributed by atoms with Gasteiger partial charge >= 0.3 is 0 Å². The number of benzene rings is 1. The molecule has 0 radical (unpaired) electrons. The second-order valence-electron chi connectivity index (χ2n) is 5.89. The molecule has 1 aromatic carbocycles. The fourth-order valence-corrected chi connectivity index (χ4v) is 2.88. The molecule has 0 bridgehead atoms. The first-order valence-corrected chi connectivity index (χ1v) is 8.13. The summed E-state index contributed by atoms with van der Waals surface area (Å²) in [6, 6.07) is 14.2. The molecule has 4 heteroatoms. The fraction of sp³-hybridized carbons (Fsp3) is 0.368. The van der Waals surface area contributed by atoms with Crippen LogP contribution in [0.15, 0.2) is 54.9 Å². The molecular weight excluding hydrogens is 288 g/mol. The summed E-state index contributed by atoms with van der Waals surface area (Å²) in [7, 11) is 0. The van der Waals surface area contributed by atoms with E-state index in [2.05, 4.69) is 29.2 Å². The normalized spacial score (nSPS) is 17.9. The number of hydrogen-bond donors (Lipinski definition) is 0. The number of ether oxygens (including phenoxy) is 1. The van der Waals surface area contributed by atoms with Gasteiger partial charge in [0.15, 0.2) is 0 Å². The Hall–Kier alpha value is -2.20. The number of aromatic nitrogens is 1. The van der Waals surface area contributed by atoms with Crippen molar-refractivity contribution in [2.45, 2.75) is 25.4 Å². The molecule has 0 spiro atoms. The van der Waals surface area contributed by atoms with E-state index < -0.39 is 0 Å². The molecule has 0 aliphatic carbocycles. The lowest BCUT2D eigenvalue weighted by Crippen LogP contribution is -2.46. The van der Waals surface area contributed by atoms with Crippen molar-refractivity contribution in [3.8, 4) is 0 Å². The summed E-state index contributed by atoms with van der Waals surface area (Å²) in [4.78, 5) is 18.4. The van der Waals surface area contributed by atoms with Crippen molar-refractivity contribution < 1.29 is 9.53 Å². The number of nitrogens with zero attached hydrogens (tertiary/aromatic N) is 2. The Kier molecular flexibility index (Phi) is 5.37. The van der Waals surface area contributed by atoms with Crippen LogP contribution in [0.4, 0.5) is 0 Å². The first-order chi connectivity index (χ1) is 11.3. The van der Waals surface area contributed by atoms with E-state index in [1.165, 1.54) is 5.56 Å². The van der Waals surface area contributed by atoms with Crippen molar-refractivity contribution in [1.82, 2.24) is 9.88 Å². The summed E-state index contributed by atoms with van der Waals surface area (Å²) in [6.07, 6.45) is 5.95. The Morgan fingerprint density at radius 3 is 2.70 bits per heavy atom. The van der Waals surface area contributed by atoms with E-state index in [0.717, 1.165) is 18.4 Å². The van der Waals surface area contributed by atoms with E-state index in [0.29, 0.717) is 26.1 Å². The van der Waals surface area contributed by atoms with Crippen LogP contribution in [-0.2, 0) is 22.4 Å². The third-order valence-corrected chi connectivity index (χ3v) is 4.19. The number of pyridine rings is 1. The highest BCUT2D eigenvalue weighted by Gasteiger charge is 2.24. The van der Waals surface area contributed by atoms with Crippen LogP contribution in [0.1, 0.15) is 17.5 Å². The van der Waals surface area contributed by atoms with Crippen LogP contribution in [0.25, 0.3) is 0 Å². The number of morpholine rings is 1. The molecule has 1 aliphatic heterocycles. The van der Waals surface area contributed by atoms with E-state index >= 15 is 0 Å². The van der Waals surface area contributed by atoms with Gasteiger partial charge in [-0.05, 0) is 36.1 Å². The molecule has 0 N–H and O–H groups in total. The van der Waals surface area contributed by atoms with Crippen LogP contribution in [0.3, 0.4) is 0 Å². The van der Waals surface area contributed by atoms with Crippen LogP contribution in [0.2, 0.25) is 0 Å². The first-order valence-electron chi connectivity index (χ1n) is 8.13. The molecule has 2 aromatic rings. The molecule has 1 amide bonds. The van der Waals surface area contributed by atoms with Gasteiger partial charge in [0.05, 0.1) is 19.1 Å². The van der Waals surface area contributed by atoms with Crippen molar-refractivity contribution in [2.75, 3.05) is 19.7 Å². The van der Waals surface area contributed by atoms with E-state index in [-0.39, 0.29) is 12.0 Å². The summed E-state index contributed by atoms with van der Waals surface area (Å²) < 4.78 is 5.83. The van der Waals surface area contributed by atoms with Crippen LogP contribution < -0.4 is 0 Å². The summed E-state index contributed by atoms with van der Waals surface area (Å²) >= 11 is 0. The van der Waals surface area contributed by atoms with Gasteiger partial charge in [0, 0.05) is 25.5 Å². The summed E-state index contributed by atoms with van der Waals surface area (Å²) in [5, 5.41) is 0. The number of aryl methyl sites for hydroxylation is 1. The summed E-state index contributed by atoms with van der Waals surface area (Å²) in [5.41, 5.74) is 2.33. The van der Waals surface area contributed by atoms with Crippen LogP contribution >= 0.6 is 0 Å². The smallest absolute Gasteiger partial charge is 0.227 e. The van der Waals surface area contributed by atoms with Crippen LogP contribution in [0, 0.1) is 0 Å². The van der Waals surface area contributed by atoms with Gasteiger partial charge in [0.2, 0.25) is 5.91 Å². The third kappa shape index (κ3) is 4.63. The molecule has 1 fully saturated rings. The zero-order valence-corrected chi connectivity index (χ0v) is 13.2. The minimum Gasteiger partial charge on any atom is -0.375 e. The maximum atomic E-state index is 12.4. The standard InChI is InChI=1S/C19H22N2O2/c22-19(14-17-8-10-20-11-9-17)21-12-13-23-18(15-21)7-6-16-4-2-1-3-5-16/h1-5,8-11,18H,6-7,12-15H2/t18-/m0/s1. The molecule has 1 atom stereocenters. The molecule has 1 aromatic heterocycles. The predicted octanol–water partition coefficient (Wildman–Crippen LogP) is 2.48. The maximum absolute atomic E-state index is 12.4. The Labute approximate surface area is 137 Å². The van der Waals surface area contributed by atoms with Gasteiger partial charge in [-0.25, -0.2) is 0 Å². The molecule has 3 rings (SSSR count). The van der Waals surface area contributed by atoms with Gasteiger partial charge in [-0.2, -0.15) is 0 Å². The first kappa shape index (κ1) is 15.7. The third-order valence-electron chi connectivity index (χ3n) is 4.19. The lowest BCUT2D eigenvalue weighted by Gasteiger charge is -2.33. The molecule has 1 aliphatic rings. The highest BCUT2D eigenvalue weighted by atomic mass is 16.5. The SMILES string of the molecule is O=C(Cc1ccncc1)N1CCO[C@@H](CCc2ccccc2)C1. The molecule has 0 saturated carbocycles. The second kappa shape index (κ2) is 7.88. The van der Waals surface area contributed by atoms with Crippen molar-refractivity contribution in [3.05, 3.63) is 66.0 Å². The molecule has 4 nitrogen and oxygen atoms in total. The minimum absolute atomic E-state index is 0.130. The number of carbonyl (C=O) groups excluding carboxylic acids is 1. The molecule has 120 valence electrons. The average molecular weight is 310 g/mol. The summed E-state index contributed by atoms with van der Waals surface area (Å²) in [6.45, 7) is 2.00. The van der Waals surface area contributed by atoms with Gasteiger partial charge in [-0.1, -0.05) is 30.3 Å². The number of rotatable bonds is 5. The minimum atomic E-state index is 0.130. The Bertz CT molecular complexity index is 616. The van der Waals surface area contributed by atoms with Gasteiger partial charge in [-0.3, -0.25) is 9.78 Å². The van der Waals surface area contributed by atoms with Crippen molar-refractivity contribution >= 4 is 5.91 Å². The van der Waals surface area contributed by atoms with Crippen LogP contribution in [-0.4, -0.2) is 41.6 Å². The Balaban J connectivity index is 1.50. The molecule has 1 saturated heterocycles. The predicted molar refractivity (Wildman–Crippen MR) is 89.0 cm³/mol. The average Bonchev–Trinajstić information content (AvgIpc) is 2.62. The van der Waals surface area contributed by atoms with E-state index in [1.807, 2.05) is 23.1 Å². The largest absolute Gasteiger partial charge is 0.375 e. The molecule has 0 unspecified atom stereocenters. The lowest BCUT2D eigenvalue weighted by molar-refractivity contribution is -0.138. The van der Waals surface area contributed by atoms with E-state index in [4.69, 9.17) is 4.74 Å². The number of hydrogen-bond acceptors (Lipinski definition) is 3. The topological polar surface area (TPSA) is 42.4 Å². The van der Waals surface area contributed by atoms with E-state index in [9.17, 15) is 4.79 Å². The van der Waals surface area contributed by atoms with Crippen LogP contribution in [0.5, 0.6) is 0 Å². The fourth-order valence-electron chi connectivity index (χ4n) is 2.88. The Morgan fingerprint density at radius 2 is 1.91 bits per heavy atom. The van der Waals surface area contributed by atoms with Gasteiger partial charge in [-0.15, -0.1) is 0 Å². The van der Waals surface area contributed by atoms with Gasteiger partial charge < -0.3 is 9.64 Å². The zero-order valence-electron chi connectivity index (χ0n) is 13.2. The van der Waals surface area contributed by atoms with Gasteiger partial charge in [0.1, 0.15) is 0 Å². The zero-order chi connectivity index (χ0) is 15.9. The van der Waals surface area contributed by atoms with Crippen molar-refractivity contribution in [1.29, 1.82) is 0 Å². The second-order valence-corrected chi connectivity index (χ2v) is 5.89. The summed E-state index contributed by atoms with van der Waals surface area (Å²) in [5.74, 6) is 0.171. The highest BCUT2D eigenvalue weighted by molar-refractivity contribution is 5.78.